The van der Waals surface area contributed by atoms with Crippen LogP contribution in [0.25, 0.3) is 0 Å². The van der Waals surface area contributed by atoms with Crippen LogP contribution in [0.2, 0.25) is 0 Å². The smallest absolute Gasteiger partial charge is 0.0421 e. The fourth-order valence-corrected chi connectivity index (χ4v) is 3.21. The van der Waals surface area contributed by atoms with Gasteiger partial charge in [0.2, 0.25) is 0 Å². The quantitative estimate of drug-likeness (QED) is 0.614. The summed E-state index contributed by atoms with van der Waals surface area (Å²) < 4.78 is 0. The van der Waals surface area contributed by atoms with E-state index in [4.69, 9.17) is 0 Å². The van der Waals surface area contributed by atoms with E-state index in [1.54, 1.807) is 0 Å². The average molecular weight is 309 g/mol. The maximum absolute atomic E-state index is 2.46. The van der Waals surface area contributed by atoms with Crippen LogP contribution in [-0.4, -0.2) is 5.54 Å². The van der Waals surface area contributed by atoms with Gasteiger partial charge in [-0.15, -0.1) is 0 Å². The van der Waals surface area contributed by atoms with Crippen molar-refractivity contribution in [2.75, 3.05) is 4.90 Å². The molecule has 0 saturated heterocycles. The molecule has 0 atom stereocenters. The summed E-state index contributed by atoms with van der Waals surface area (Å²) in [6.45, 7) is 20.1. The van der Waals surface area contributed by atoms with E-state index in [2.05, 4.69) is 91.5 Å². The molecule has 124 valence electrons. The first kappa shape index (κ1) is 17.6. The summed E-state index contributed by atoms with van der Waals surface area (Å²) >= 11 is 0. The van der Waals surface area contributed by atoms with E-state index in [9.17, 15) is 0 Å². The number of rotatable bonds is 2. The van der Waals surface area contributed by atoms with Gasteiger partial charge >= 0.3 is 0 Å². The topological polar surface area (TPSA) is 3.24 Å². The molecule has 2 aromatic rings. The normalized spacial score (nSPS) is 11.7. The van der Waals surface area contributed by atoms with Crippen LogP contribution >= 0.6 is 0 Å². The van der Waals surface area contributed by atoms with Crippen molar-refractivity contribution in [1.29, 1.82) is 0 Å². The van der Waals surface area contributed by atoms with E-state index < -0.39 is 0 Å². The highest BCUT2D eigenvalue weighted by Gasteiger charge is 2.25. The average Bonchev–Trinajstić information content (AvgIpc) is 2.40. The number of hydrogen-bond acceptors (Lipinski definition) is 1. The van der Waals surface area contributed by atoms with Gasteiger partial charge < -0.3 is 4.90 Å². The SMILES string of the molecule is Cc1cc(N(c2cc(C)c(C)c(C)c2)C(C)(C)C)cc(C)c1C. The maximum atomic E-state index is 2.46. The molecule has 0 fully saturated rings. The van der Waals surface area contributed by atoms with E-state index in [1.165, 1.54) is 44.8 Å². The van der Waals surface area contributed by atoms with Gasteiger partial charge in [0.1, 0.15) is 0 Å². The molecule has 0 aromatic heterocycles. The van der Waals surface area contributed by atoms with Gasteiger partial charge in [0.15, 0.2) is 0 Å². The van der Waals surface area contributed by atoms with Gasteiger partial charge in [-0.25, -0.2) is 0 Å². The maximum Gasteiger partial charge on any atom is 0.0421 e. The van der Waals surface area contributed by atoms with Crippen molar-refractivity contribution in [3.05, 3.63) is 57.6 Å². The Balaban J connectivity index is 2.69. The zero-order chi connectivity index (χ0) is 17.5. The molecule has 1 nitrogen and oxygen atoms in total. The Morgan fingerprint density at radius 2 is 0.826 bits per heavy atom. The first-order valence-corrected chi connectivity index (χ1v) is 8.48. The summed E-state index contributed by atoms with van der Waals surface area (Å²) in [5, 5.41) is 0. The largest absolute Gasteiger partial charge is 0.336 e. The number of anilines is 2. The molecule has 0 bridgehead atoms. The Morgan fingerprint density at radius 3 is 1.04 bits per heavy atom. The lowest BCUT2D eigenvalue weighted by atomic mass is 9.96. The van der Waals surface area contributed by atoms with Crippen LogP contribution in [0.5, 0.6) is 0 Å². The minimum Gasteiger partial charge on any atom is -0.336 e. The van der Waals surface area contributed by atoms with Crippen molar-refractivity contribution in [3.63, 3.8) is 0 Å². The van der Waals surface area contributed by atoms with Gasteiger partial charge in [0, 0.05) is 16.9 Å². The summed E-state index contributed by atoms with van der Waals surface area (Å²) in [7, 11) is 0. The third-order valence-corrected chi connectivity index (χ3v) is 5.01. The monoisotopic (exact) mass is 309 g/mol. The van der Waals surface area contributed by atoms with Gasteiger partial charge in [-0.05, 0) is 120 Å². The molecule has 0 heterocycles. The lowest BCUT2D eigenvalue weighted by Gasteiger charge is -2.39. The molecule has 2 rings (SSSR count). The third-order valence-electron chi connectivity index (χ3n) is 5.01. The predicted molar refractivity (Wildman–Crippen MR) is 103 cm³/mol. The van der Waals surface area contributed by atoms with Gasteiger partial charge in [-0.1, -0.05) is 0 Å². The Hall–Kier alpha value is -1.76. The molecule has 0 aliphatic carbocycles. The van der Waals surface area contributed by atoms with Crippen LogP contribution in [-0.2, 0) is 0 Å². The molecule has 2 aromatic carbocycles. The minimum atomic E-state index is 0.0161. The number of aryl methyl sites for hydroxylation is 4. The number of nitrogens with zero attached hydrogens (tertiary/aromatic N) is 1. The highest BCUT2D eigenvalue weighted by Crippen LogP contribution is 2.36. The molecule has 0 saturated carbocycles. The zero-order valence-corrected chi connectivity index (χ0v) is 16.3. The van der Waals surface area contributed by atoms with Crippen LogP contribution in [0.1, 0.15) is 54.2 Å². The van der Waals surface area contributed by atoms with E-state index >= 15 is 0 Å². The molecular formula is C22H31N. The molecule has 1 heteroatoms. The van der Waals surface area contributed by atoms with Gasteiger partial charge in [-0.3, -0.25) is 0 Å². The molecule has 0 unspecified atom stereocenters. The second-order valence-corrected chi connectivity index (χ2v) is 7.92. The zero-order valence-electron chi connectivity index (χ0n) is 16.3. The highest BCUT2D eigenvalue weighted by molar-refractivity contribution is 5.69. The summed E-state index contributed by atoms with van der Waals surface area (Å²) in [6.07, 6.45) is 0. The first-order chi connectivity index (χ1) is 10.5. The second kappa shape index (κ2) is 6.03. The molecule has 0 N–H and O–H groups in total. The van der Waals surface area contributed by atoms with E-state index in [-0.39, 0.29) is 5.54 Å². The van der Waals surface area contributed by atoms with Crippen molar-refractivity contribution >= 4 is 11.4 Å². The van der Waals surface area contributed by atoms with Crippen LogP contribution < -0.4 is 4.90 Å². The molecule has 0 aliphatic rings. The molecule has 0 amide bonds. The van der Waals surface area contributed by atoms with Crippen molar-refractivity contribution in [3.8, 4) is 0 Å². The predicted octanol–water partition coefficient (Wildman–Crippen LogP) is 6.47. The molecule has 0 spiro atoms. The first-order valence-electron chi connectivity index (χ1n) is 8.48. The lowest BCUT2D eigenvalue weighted by Crippen LogP contribution is -2.37. The summed E-state index contributed by atoms with van der Waals surface area (Å²) in [5.74, 6) is 0. The van der Waals surface area contributed by atoms with E-state index in [0.717, 1.165) is 0 Å². The van der Waals surface area contributed by atoms with E-state index in [0.29, 0.717) is 0 Å². The highest BCUT2D eigenvalue weighted by atomic mass is 15.2. The van der Waals surface area contributed by atoms with E-state index in [1.807, 2.05) is 0 Å². The van der Waals surface area contributed by atoms with Gasteiger partial charge in [0.05, 0.1) is 0 Å². The van der Waals surface area contributed by atoms with Crippen molar-refractivity contribution in [1.82, 2.24) is 0 Å². The Morgan fingerprint density at radius 1 is 0.565 bits per heavy atom. The molecular weight excluding hydrogens is 278 g/mol. The third kappa shape index (κ3) is 3.44. The Bertz CT molecular complexity index is 629. The number of benzene rings is 2. The summed E-state index contributed by atoms with van der Waals surface area (Å²) in [4.78, 5) is 2.46. The molecule has 23 heavy (non-hydrogen) atoms. The van der Waals surface area contributed by atoms with Crippen molar-refractivity contribution in [2.24, 2.45) is 0 Å². The van der Waals surface area contributed by atoms with Crippen LogP contribution in [0.3, 0.4) is 0 Å². The second-order valence-electron chi connectivity index (χ2n) is 7.92. The Kier molecular flexibility index (Phi) is 4.61. The standard InChI is InChI=1S/C22H31N/c1-14-10-20(11-15(2)18(14)5)23(22(7,8)9)21-12-16(3)19(6)17(4)13-21/h10-13H,1-9H3. The van der Waals surface area contributed by atoms with Crippen LogP contribution in [0, 0.1) is 41.5 Å². The fourth-order valence-electron chi connectivity index (χ4n) is 3.21. The Labute approximate surface area is 142 Å². The van der Waals surface area contributed by atoms with Crippen LogP contribution in [0.4, 0.5) is 11.4 Å². The molecule has 0 radical (unpaired) electrons. The van der Waals surface area contributed by atoms with Gasteiger partial charge in [0.25, 0.3) is 0 Å². The summed E-state index contributed by atoms with van der Waals surface area (Å²) in [5.41, 5.74) is 10.8. The van der Waals surface area contributed by atoms with Gasteiger partial charge in [-0.2, -0.15) is 0 Å². The van der Waals surface area contributed by atoms with Crippen molar-refractivity contribution < 1.29 is 0 Å². The van der Waals surface area contributed by atoms with Crippen LogP contribution in [0.15, 0.2) is 24.3 Å². The van der Waals surface area contributed by atoms with Crippen molar-refractivity contribution in [2.45, 2.75) is 67.9 Å². The fraction of sp³-hybridized carbons (Fsp3) is 0.455. The number of hydrogen-bond donors (Lipinski definition) is 0. The summed E-state index contributed by atoms with van der Waals surface area (Å²) in [6, 6.07) is 9.27. The lowest BCUT2D eigenvalue weighted by molar-refractivity contribution is 0.560. The molecule has 0 aliphatic heterocycles. The minimum absolute atomic E-state index is 0.0161.